The number of pyridine rings is 2. The molecule has 4 heterocycles. The van der Waals surface area contributed by atoms with Crippen molar-refractivity contribution >= 4 is 34.3 Å². The first kappa shape index (κ1) is 22.5. The van der Waals surface area contributed by atoms with Gasteiger partial charge >= 0.3 is 0 Å². The molecule has 0 amide bonds. The highest BCUT2D eigenvalue weighted by Crippen LogP contribution is 2.31. The van der Waals surface area contributed by atoms with Gasteiger partial charge in [-0.25, -0.2) is 9.97 Å². The molecule has 1 saturated heterocycles. The Hall–Kier alpha value is -3.33. The monoisotopic (exact) mass is 461 g/mol. The van der Waals surface area contributed by atoms with Gasteiger partial charge < -0.3 is 15.5 Å². The van der Waals surface area contributed by atoms with Gasteiger partial charge in [-0.2, -0.15) is 4.98 Å². The van der Waals surface area contributed by atoms with Gasteiger partial charge in [0.2, 0.25) is 5.95 Å². The zero-order chi connectivity index (χ0) is 23.7. The molecule has 9 nitrogen and oxygen atoms in total. The van der Waals surface area contributed by atoms with E-state index in [1.54, 1.807) is 6.20 Å². The molecule has 5 rings (SSSR count). The van der Waals surface area contributed by atoms with Crippen molar-refractivity contribution < 1.29 is 4.79 Å². The van der Waals surface area contributed by atoms with E-state index in [0.717, 1.165) is 68.5 Å². The number of nitrogens with zero attached hydrogens (tertiary/aromatic N) is 5. The first-order valence-corrected chi connectivity index (χ1v) is 12.2. The minimum absolute atomic E-state index is 0.0453. The molecular formula is C25H31N7O2. The van der Waals surface area contributed by atoms with Gasteiger partial charge in [0.1, 0.15) is 17.2 Å². The van der Waals surface area contributed by atoms with Crippen LogP contribution < -0.4 is 21.1 Å². The molecule has 34 heavy (non-hydrogen) atoms. The summed E-state index contributed by atoms with van der Waals surface area (Å²) in [6, 6.07) is 5.86. The van der Waals surface area contributed by atoms with Crippen LogP contribution in [0.2, 0.25) is 0 Å². The Bertz CT molecular complexity index is 1270. The molecule has 1 saturated carbocycles. The quantitative estimate of drug-likeness (QED) is 0.539. The van der Waals surface area contributed by atoms with E-state index in [0.29, 0.717) is 29.5 Å². The highest BCUT2D eigenvalue weighted by Gasteiger charge is 2.23. The molecule has 1 aliphatic heterocycles. The van der Waals surface area contributed by atoms with Crippen LogP contribution in [-0.2, 0) is 6.42 Å². The number of piperazine rings is 1. The fraction of sp³-hybridized carbons (Fsp3) is 0.480. The van der Waals surface area contributed by atoms with Crippen LogP contribution in [0.25, 0.3) is 11.0 Å². The molecule has 2 fully saturated rings. The second kappa shape index (κ2) is 9.50. The molecule has 3 aromatic rings. The van der Waals surface area contributed by atoms with Crippen molar-refractivity contribution in [3.8, 4) is 0 Å². The van der Waals surface area contributed by atoms with E-state index in [-0.39, 0.29) is 17.4 Å². The smallest absolute Gasteiger partial charge is 0.255 e. The molecule has 1 aliphatic carbocycles. The van der Waals surface area contributed by atoms with Crippen molar-refractivity contribution in [1.29, 1.82) is 0 Å². The van der Waals surface area contributed by atoms with Crippen LogP contribution in [0.15, 0.2) is 29.2 Å². The van der Waals surface area contributed by atoms with Crippen LogP contribution in [0, 0.1) is 0 Å². The van der Waals surface area contributed by atoms with Crippen LogP contribution in [0.3, 0.4) is 0 Å². The Kier molecular flexibility index (Phi) is 6.28. The van der Waals surface area contributed by atoms with Gasteiger partial charge in [0, 0.05) is 56.3 Å². The second-order valence-corrected chi connectivity index (χ2v) is 9.09. The molecule has 9 heteroatoms. The molecule has 0 spiro atoms. The topological polar surface area (TPSA) is 105 Å². The fourth-order valence-corrected chi connectivity index (χ4v) is 5.05. The van der Waals surface area contributed by atoms with E-state index in [2.05, 4.69) is 25.5 Å². The van der Waals surface area contributed by atoms with E-state index in [1.165, 1.54) is 6.92 Å². The van der Waals surface area contributed by atoms with Crippen molar-refractivity contribution in [2.45, 2.75) is 52.0 Å². The largest absolute Gasteiger partial charge is 0.367 e. The maximum absolute atomic E-state index is 13.2. The number of ketones is 1. The van der Waals surface area contributed by atoms with Gasteiger partial charge in [-0.3, -0.25) is 14.2 Å². The molecule has 2 N–H and O–H groups in total. The summed E-state index contributed by atoms with van der Waals surface area (Å²) < 4.78 is 1.87. The summed E-state index contributed by atoms with van der Waals surface area (Å²) in [4.78, 5) is 41.6. The summed E-state index contributed by atoms with van der Waals surface area (Å²) >= 11 is 0. The Balaban J connectivity index is 1.51. The summed E-state index contributed by atoms with van der Waals surface area (Å²) in [7, 11) is 0. The number of anilines is 3. The van der Waals surface area contributed by atoms with E-state index >= 15 is 0 Å². The third kappa shape index (κ3) is 4.27. The van der Waals surface area contributed by atoms with Crippen molar-refractivity contribution in [3.05, 3.63) is 46.0 Å². The summed E-state index contributed by atoms with van der Waals surface area (Å²) in [5.41, 5.74) is 2.77. The number of hydrogen-bond donors (Lipinski definition) is 2. The SMILES string of the molecule is CCc1cc2cnc(Nc3ccc(N4CCNCC4)c(C(C)=O)n3)nc2n(C2CCCC2)c1=O. The second-order valence-electron chi connectivity index (χ2n) is 9.09. The Morgan fingerprint density at radius 2 is 1.94 bits per heavy atom. The van der Waals surface area contributed by atoms with Crippen LogP contribution in [0.5, 0.6) is 0 Å². The Morgan fingerprint density at radius 1 is 1.18 bits per heavy atom. The van der Waals surface area contributed by atoms with Crippen molar-refractivity contribution in [3.63, 3.8) is 0 Å². The predicted octanol–water partition coefficient (Wildman–Crippen LogP) is 3.22. The number of nitrogens with one attached hydrogen (secondary N) is 2. The van der Waals surface area contributed by atoms with Gasteiger partial charge in [0.05, 0.1) is 5.69 Å². The van der Waals surface area contributed by atoms with E-state index in [9.17, 15) is 9.59 Å². The zero-order valence-electron chi connectivity index (χ0n) is 19.8. The summed E-state index contributed by atoms with van der Waals surface area (Å²) in [5, 5.41) is 7.34. The molecule has 178 valence electrons. The van der Waals surface area contributed by atoms with Crippen molar-refractivity contribution in [1.82, 2.24) is 24.8 Å². The van der Waals surface area contributed by atoms with Gasteiger partial charge in [0.15, 0.2) is 5.78 Å². The molecule has 2 aliphatic rings. The van der Waals surface area contributed by atoms with Crippen LogP contribution in [0.1, 0.15) is 61.6 Å². The van der Waals surface area contributed by atoms with E-state index < -0.39 is 0 Å². The van der Waals surface area contributed by atoms with Crippen molar-refractivity contribution in [2.75, 3.05) is 36.4 Å². The summed E-state index contributed by atoms with van der Waals surface area (Å²) in [6.45, 7) is 6.97. The molecule has 0 atom stereocenters. The molecule has 3 aromatic heterocycles. The standard InChI is InChI=1S/C25H31N7O2/c1-3-17-14-18-15-27-25(30-23(18)32(24(17)34)19-6-4-5-7-19)29-21-9-8-20(22(28-21)16(2)33)31-12-10-26-11-13-31/h8-9,14-15,19,26H,3-7,10-13H2,1-2H3,(H,27,28,29,30). The van der Waals surface area contributed by atoms with Gasteiger partial charge in [-0.1, -0.05) is 19.8 Å². The predicted molar refractivity (Wildman–Crippen MR) is 133 cm³/mol. The van der Waals surface area contributed by atoms with E-state index in [4.69, 9.17) is 4.98 Å². The number of carbonyl (C=O) groups is 1. The third-order valence-corrected chi connectivity index (χ3v) is 6.82. The maximum Gasteiger partial charge on any atom is 0.255 e. The number of Topliss-reactive ketones (excluding diaryl/α,β-unsaturated/α-hetero) is 1. The van der Waals surface area contributed by atoms with Gasteiger partial charge in [0.25, 0.3) is 5.56 Å². The molecule has 0 unspecified atom stereocenters. The number of aromatic nitrogens is 4. The van der Waals surface area contributed by atoms with Crippen LogP contribution >= 0.6 is 0 Å². The van der Waals surface area contributed by atoms with Crippen LogP contribution in [0.4, 0.5) is 17.5 Å². The lowest BCUT2D eigenvalue weighted by atomic mass is 10.1. The molecule has 0 aromatic carbocycles. The lowest BCUT2D eigenvalue weighted by Gasteiger charge is -2.30. The number of carbonyl (C=O) groups excluding carboxylic acids is 1. The summed E-state index contributed by atoms with van der Waals surface area (Å²) in [5.74, 6) is 0.780. The highest BCUT2D eigenvalue weighted by atomic mass is 16.1. The molecular weight excluding hydrogens is 430 g/mol. The normalized spacial score (nSPS) is 16.8. The van der Waals surface area contributed by atoms with Crippen LogP contribution in [-0.4, -0.2) is 51.5 Å². The average Bonchev–Trinajstić information content (AvgIpc) is 3.38. The maximum atomic E-state index is 13.2. The number of fused-ring (bicyclic) bond motifs is 1. The number of hydrogen-bond acceptors (Lipinski definition) is 8. The molecule has 0 radical (unpaired) electrons. The molecule has 0 bridgehead atoms. The van der Waals surface area contributed by atoms with Crippen molar-refractivity contribution in [2.24, 2.45) is 0 Å². The minimum atomic E-state index is -0.0845. The average molecular weight is 462 g/mol. The number of aryl methyl sites for hydroxylation is 1. The zero-order valence-corrected chi connectivity index (χ0v) is 19.8. The first-order chi connectivity index (χ1) is 16.5. The van der Waals surface area contributed by atoms with Gasteiger partial charge in [-0.05, 0) is 37.5 Å². The Labute approximate surface area is 198 Å². The lowest BCUT2D eigenvalue weighted by molar-refractivity contribution is 0.101. The third-order valence-electron chi connectivity index (χ3n) is 6.82. The summed E-state index contributed by atoms with van der Waals surface area (Å²) in [6.07, 6.45) is 6.68. The minimum Gasteiger partial charge on any atom is -0.367 e. The number of rotatable bonds is 6. The lowest BCUT2D eigenvalue weighted by Crippen LogP contribution is -2.44. The first-order valence-electron chi connectivity index (χ1n) is 12.2. The Morgan fingerprint density at radius 3 is 2.65 bits per heavy atom. The van der Waals surface area contributed by atoms with Gasteiger partial charge in [-0.15, -0.1) is 0 Å². The fourth-order valence-electron chi connectivity index (χ4n) is 5.05. The highest BCUT2D eigenvalue weighted by molar-refractivity contribution is 5.98. The van der Waals surface area contributed by atoms with E-state index in [1.807, 2.05) is 29.7 Å².